The Hall–Kier alpha value is -0.210. The number of ether oxygens (including phenoxy) is 1. The molecule has 1 aliphatic heterocycles. The highest BCUT2D eigenvalue weighted by atomic mass is 79.9. The third-order valence-corrected chi connectivity index (χ3v) is 4.39. The van der Waals surface area contributed by atoms with Crippen molar-refractivity contribution in [2.75, 3.05) is 44.7 Å². The van der Waals surface area contributed by atoms with Crippen LogP contribution >= 0.6 is 44.1 Å². The van der Waals surface area contributed by atoms with Gasteiger partial charge in [-0.15, -0.1) is 0 Å². The molecular formula is C13H17Br2N3OS. The molecular weight excluding hydrogens is 406 g/mol. The molecule has 20 heavy (non-hydrogen) atoms. The Morgan fingerprint density at radius 1 is 1.30 bits per heavy atom. The minimum atomic E-state index is 0.640. The normalized spacial score (nSPS) is 15.9. The number of rotatable bonds is 4. The van der Waals surface area contributed by atoms with Gasteiger partial charge in [-0.1, -0.05) is 15.9 Å². The molecule has 4 nitrogen and oxygen atoms in total. The van der Waals surface area contributed by atoms with Gasteiger partial charge in [0.1, 0.15) is 0 Å². The number of hydrogen-bond donors (Lipinski definition) is 2. The second-order valence-electron chi connectivity index (χ2n) is 4.46. The minimum Gasteiger partial charge on any atom is -0.379 e. The Kier molecular flexibility index (Phi) is 6.70. The number of thiocarbonyl (C=S) groups is 1. The van der Waals surface area contributed by atoms with Gasteiger partial charge in [0.15, 0.2) is 5.11 Å². The lowest BCUT2D eigenvalue weighted by atomic mass is 10.3. The Balaban J connectivity index is 1.72. The Bertz CT molecular complexity index is 467. The molecule has 7 heteroatoms. The van der Waals surface area contributed by atoms with E-state index in [1.54, 1.807) is 0 Å². The number of hydrogen-bond acceptors (Lipinski definition) is 3. The molecule has 0 saturated carbocycles. The van der Waals surface area contributed by atoms with Gasteiger partial charge in [0, 0.05) is 35.1 Å². The average molecular weight is 423 g/mol. The number of nitrogens with one attached hydrogen (secondary N) is 2. The van der Waals surface area contributed by atoms with E-state index in [9.17, 15) is 0 Å². The fourth-order valence-corrected chi connectivity index (χ4v) is 3.27. The summed E-state index contributed by atoms with van der Waals surface area (Å²) in [5, 5.41) is 7.05. The van der Waals surface area contributed by atoms with Gasteiger partial charge in [0.05, 0.1) is 18.9 Å². The van der Waals surface area contributed by atoms with Crippen LogP contribution in [0.4, 0.5) is 5.69 Å². The predicted octanol–water partition coefficient (Wildman–Crippen LogP) is 2.83. The second-order valence-corrected chi connectivity index (χ2v) is 6.64. The molecule has 0 aliphatic carbocycles. The maximum absolute atomic E-state index is 5.32. The van der Waals surface area contributed by atoms with Crippen molar-refractivity contribution in [2.45, 2.75) is 0 Å². The molecule has 2 rings (SSSR count). The van der Waals surface area contributed by atoms with Crippen molar-refractivity contribution < 1.29 is 4.74 Å². The molecule has 1 heterocycles. The van der Waals surface area contributed by atoms with Crippen molar-refractivity contribution in [3.63, 3.8) is 0 Å². The third kappa shape index (κ3) is 5.29. The van der Waals surface area contributed by atoms with Crippen LogP contribution in [0.25, 0.3) is 0 Å². The fraction of sp³-hybridized carbons (Fsp3) is 0.462. The van der Waals surface area contributed by atoms with E-state index < -0.39 is 0 Å². The van der Waals surface area contributed by atoms with Gasteiger partial charge in [-0.2, -0.15) is 0 Å². The van der Waals surface area contributed by atoms with Crippen molar-refractivity contribution in [1.29, 1.82) is 0 Å². The maximum atomic E-state index is 5.32. The molecule has 1 aromatic carbocycles. The largest absolute Gasteiger partial charge is 0.379 e. The van der Waals surface area contributed by atoms with Crippen molar-refractivity contribution in [1.82, 2.24) is 10.2 Å². The zero-order chi connectivity index (χ0) is 14.4. The molecule has 0 radical (unpaired) electrons. The molecule has 0 atom stereocenters. The maximum Gasteiger partial charge on any atom is 0.170 e. The Labute approximate surface area is 141 Å². The summed E-state index contributed by atoms with van der Waals surface area (Å²) in [4.78, 5) is 2.37. The SMILES string of the molecule is S=C(NCCN1CCOCC1)Nc1ccc(Br)cc1Br. The number of morpholine rings is 1. The first-order chi connectivity index (χ1) is 9.65. The monoisotopic (exact) mass is 421 g/mol. The lowest BCUT2D eigenvalue weighted by molar-refractivity contribution is 0.0389. The highest BCUT2D eigenvalue weighted by Crippen LogP contribution is 2.25. The molecule has 1 saturated heterocycles. The van der Waals surface area contributed by atoms with Crippen molar-refractivity contribution >= 4 is 54.9 Å². The van der Waals surface area contributed by atoms with E-state index in [4.69, 9.17) is 17.0 Å². The van der Waals surface area contributed by atoms with Gasteiger partial charge in [-0.3, -0.25) is 4.90 Å². The molecule has 110 valence electrons. The van der Waals surface area contributed by atoms with E-state index in [0.29, 0.717) is 5.11 Å². The summed E-state index contributed by atoms with van der Waals surface area (Å²) in [5.74, 6) is 0. The first kappa shape index (κ1) is 16.2. The summed E-state index contributed by atoms with van der Waals surface area (Å²) in [6, 6.07) is 5.94. The summed E-state index contributed by atoms with van der Waals surface area (Å²) >= 11 is 12.2. The first-order valence-electron chi connectivity index (χ1n) is 6.45. The van der Waals surface area contributed by atoms with E-state index >= 15 is 0 Å². The first-order valence-corrected chi connectivity index (χ1v) is 8.44. The van der Waals surface area contributed by atoms with Crippen LogP contribution in [0.15, 0.2) is 27.1 Å². The van der Waals surface area contributed by atoms with Crippen LogP contribution in [0.2, 0.25) is 0 Å². The van der Waals surface area contributed by atoms with E-state index in [2.05, 4.69) is 47.4 Å². The van der Waals surface area contributed by atoms with Crippen LogP contribution in [0, 0.1) is 0 Å². The Morgan fingerprint density at radius 2 is 2.05 bits per heavy atom. The lowest BCUT2D eigenvalue weighted by Gasteiger charge is -2.26. The fourth-order valence-electron chi connectivity index (χ4n) is 1.91. The summed E-state index contributed by atoms with van der Waals surface area (Å²) in [6.45, 7) is 5.47. The average Bonchev–Trinajstić information content (AvgIpc) is 2.43. The second kappa shape index (κ2) is 8.29. The van der Waals surface area contributed by atoms with Crippen molar-refractivity contribution in [3.05, 3.63) is 27.1 Å². The van der Waals surface area contributed by atoms with E-state index in [0.717, 1.165) is 54.0 Å². The quantitative estimate of drug-likeness (QED) is 0.729. The van der Waals surface area contributed by atoms with Crippen molar-refractivity contribution in [3.8, 4) is 0 Å². The lowest BCUT2D eigenvalue weighted by Crippen LogP contribution is -2.42. The summed E-state index contributed by atoms with van der Waals surface area (Å²) in [5.41, 5.74) is 0.956. The molecule has 0 bridgehead atoms. The van der Waals surface area contributed by atoms with Gasteiger partial charge in [0.25, 0.3) is 0 Å². The zero-order valence-electron chi connectivity index (χ0n) is 11.0. The van der Waals surface area contributed by atoms with Crippen molar-refractivity contribution in [2.24, 2.45) is 0 Å². The predicted molar refractivity (Wildman–Crippen MR) is 93.3 cm³/mol. The van der Waals surface area contributed by atoms with Crippen LogP contribution in [-0.2, 0) is 4.74 Å². The number of halogens is 2. The zero-order valence-corrected chi connectivity index (χ0v) is 15.0. The molecule has 0 unspecified atom stereocenters. The molecule has 2 N–H and O–H groups in total. The van der Waals surface area contributed by atoms with Gasteiger partial charge in [-0.05, 0) is 46.3 Å². The standard InChI is InChI=1S/C13H17Br2N3OS/c14-10-1-2-12(11(15)9-10)17-13(20)16-3-4-18-5-7-19-8-6-18/h1-2,9H,3-8H2,(H2,16,17,20). The number of anilines is 1. The third-order valence-electron chi connectivity index (χ3n) is 3.00. The topological polar surface area (TPSA) is 36.5 Å². The molecule has 0 amide bonds. The van der Waals surface area contributed by atoms with Crippen LogP contribution in [0.3, 0.4) is 0 Å². The van der Waals surface area contributed by atoms with Crippen LogP contribution in [-0.4, -0.2) is 49.4 Å². The minimum absolute atomic E-state index is 0.640. The van der Waals surface area contributed by atoms with Gasteiger partial charge < -0.3 is 15.4 Å². The number of benzene rings is 1. The van der Waals surface area contributed by atoms with Crippen LogP contribution in [0.5, 0.6) is 0 Å². The number of nitrogens with zero attached hydrogens (tertiary/aromatic N) is 1. The van der Waals surface area contributed by atoms with Gasteiger partial charge in [0.2, 0.25) is 0 Å². The van der Waals surface area contributed by atoms with Gasteiger partial charge in [-0.25, -0.2) is 0 Å². The highest BCUT2D eigenvalue weighted by Gasteiger charge is 2.09. The van der Waals surface area contributed by atoms with E-state index in [1.165, 1.54) is 0 Å². The van der Waals surface area contributed by atoms with E-state index in [-0.39, 0.29) is 0 Å². The molecule has 1 aromatic rings. The molecule has 0 aromatic heterocycles. The Morgan fingerprint density at radius 3 is 2.75 bits per heavy atom. The summed E-state index contributed by atoms with van der Waals surface area (Å²) < 4.78 is 7.32. The molecule has 0 spiro atoms. The smallest absolute Gasteiger partial charge is 0.170 e. The highest BCUT2D eigenvalue weighted by molar-refractivity contribution is 9.11. The summed E-state index contributed by atoms with van der Waals surface area (Å²) in [7, 11) is 0. The summed E-state index contributed by atoms with van der Waals surface area (Å²) in [6.07, 6.45) is 0. The molecule has 1 aliphatic rings. The van der Waals surface area contributed by atoms with Gasteiger partial charge >= 0.3 is 0 Å². The van der Waals surface area contributed by atoms with E-state index in [1.807, 2.05) is 18.2 Å². The van der Waals surface area contributed by atoms with Crippen LogP contribution < -0.4 is 10.6 Å². The molecule has 1 fully saturated rings. The van der Waals surface area contributed by atoms with Crippen LogP contribution in [0.1, 0.15) is 0 Å².